The fraction of sp³-hybridized carbons (Fsp3) is 0.944. The molecule has 4 aliphatic rings. The number of ketones is 1. The first-order chi connectivity index (χ1) is 9.42. The van der Waals surface area contributed by atoms with E-state index in [9.17, 15) is 9.90 Å². The maximum absolute atomic E-state index is 12.6. The lowest BCUT2D eigenvalue weighted by Gasteiger charge is -2.68. The van der Waals surface area contributed by atoms with Crippen LogP contribution in [0, 0.1) is 40.4 Å². The summed E-state index contributed by atoms with van der Waals surface area (Å²) in [5.41, 5.74) is 0.328. The predicted octanol–water partition coefficient (Wildman–Crippen LogP) is 3.42. The highest BCUT2D eigenvalue weighted by atomic mass is 16.3. The van der Waals surface area contributed by atoms with Crippen molar-refractivity contribution in [2.75, 3.05) is 0 Å². The molecule has 2 bridgehead atoms. The molecular weight excluding hydrogens is 248 g/mol. The van der Waals surface area contributed by atoms with E-state index in [1.165, 1.54) is 6.42 Å². The maximum Gasteiger partial charge on any atom is 0.139 e. The van der Waals surface area contributed by atoms with Crippen molar-refractivity contribution in [3.8, 4) is 0 Å². The molecule has 4 saturated carbocycles. The van der Waals surface area contributed by atoms with E-state index in [-0.39, 0.29) is 16.9 Å². The minimum atomic E-state index is -0.168. The summed E-state index contributed by atoms with van der Waals surface area (Å²) in [6, 6.07) is 0. The van der Waals surface area contributed by atoms with Crippen molar-refractivity contribution < 1.29 is 9.90 Å². The van der Waals surface area contributed by atoms with Gasteiger partial charge in [-0.2, -0.15) is 0 Å². The zero-order valence-electron chi connectivity index (χ0n) is 13.1. The van der Waals surface area contributed by atoms with Crippen molar-refractivity contribution >= 4 is 5.78 Å². The second kappa shape index (κ2) is 3.88. The zero-order valence-corrected chi connectivity index (χ0v) is 13.1. The molecule has 0 aliphatic heterocycles. The zero-order chi connectivity index (χ0) is 14.3. The SMILES string of the molecule is CC1CC23CC4(CCC2=O)C3C1CCC(C)C(O)[C@@H]4C. The number of carbonyl (C=O) groups is 1. The van der Waals surface area contributed by atoms with E-state index in [0.717, 1.165) is 38.0 Å². The quantitative estimate of drug-likeness (QED) is 0.736. The van der Waals surface area contributed by atoms with E-state index in [0.29, 0.717) is 29.5 Å². The molecule has 0 radical (unpaired) electrons. The molecule has 1 N–H and O–H groups in total. The molecule has 4 rings (SSSR count). The molecular formula is C18H28O2. The summed E-state index contributed by atoms with van der Waals surface area (Å²) >= 11 is 0. The van der Waals surface area contributed by atoms with Gasteiger partial charge >= 0.3 is 0 Å². The van der Waals surface area contributed by atoms with Gasteiger partial charge in [-0.1, -0.05) is 20.8 Å². The molecule has 0 heterocycles. The number of hydrogen-bond acceptors (Lipinski definition) is 2. The Morgan fingerprint density at radius 1 is 1.15 bits per heavy atom. The number of Topliss-reactive ketones (excluding diaryl/α,β-unsaturated/α-hetero) is 1. The highest BCUT2D eigenvalue weighted by molar-refractivity contribution is 5.89. The van der Waals surface area contributed by atoms with Gasteiger partial charge in [0.2, 0.25) is 0 Å². The summed E-state index contributed by atoms with van der Waals surface area (Å²) in [6.07, 6.45) is 6.26. The second-order valence-electron chi connectivity index (χ2n) is 8.65. The molecule has 7 unspecified atom stereocenters. The summed E-state index contributed by atoms with van der Waals surface area (Å²) in [5, 5.41) is 10.7. The van der Waals surface area contributed by atoms with Crippen LogP contribution in [0.5, 0.6) is 0 Å². The van der Waals surface area contributed by atoms with Crippen LogP contribution in [-0.2, 0) is 4.79 Å². The van der Waals surface area contributed by atoms with Crippen molar-refractivity contribution in [3.63, 3.8) is 0 Å². The third-order valence-corrected chi connectivity index (χ3v) is 8.03. The minimum absolute atomic E-state index is 0.0386. The molecule has 0 aromatic rings. The van der Waals surface area contributed by atoms with Crippen molar-refractivity contribution in [2.24, 2.45) is 40.4 Å². The Labute approximate surface area is 122 Å². The molecule has 0 aromatic carbocycles. The summed E-state index contributed by atoms with van der Waals surface area (Å²) in [7, 11) is 0. The maximum atomic E-state index is 12.6. The van der Waals surface area contributed by atoms with Crippen LogP contribution in [0.3, 0.4) is 0 Å². The summed E-state index contributed by atoms with van der Waals surface area (Å²) in [6.45, 7) is 6.87. The first-order valence-corrected chi connectivity index (χ1v) is 8.64. The Morgan fingerprint density at radius 3 is 2.65 bits per heavy atom. The van der Waals surface area contributed by atoms with E-state index >= 15 is 0 Å². The number of aliphatic hydroxyl groups is 1. The molecule has 4 aliphatic carbocycles. The topological polar surface area (TPSA) is 37.3 Å². The van der Waals surface area contributed by atoms with Crippen molar-refractivity contribution in [3.05, 3.63) is 0 Å². The highest BCUT2D eigenvalue weighted by Crippen LogP contribution is 2.78. The smallest absolute Gasteiger partial charge is 0.139 e. The van der Waals surface area contributed by atoms with Gasteiger partial charge in [0.1, 0.15) is 5.78 Å². The molecule has 20 heavy (non-hydrogen) atoms. The van der Waals surface area contributed by atoms with Crippen LogP contribution < -0.4 is 0 Å². The largest absolute Gasteiger partial charge is 0.393 e. The average Bonchev–Trinajstić information content (AvgIpc) is 2.64. The predicted molar refractivity (Wildman–Crippen MR) is 78.1 cm³/mol. The Hall–Kier alpha value is -0.370. The van der Waals surface area contributed by atoms with Gasteiger partial charge in [-0.15, -0.1) is 0 Å². The Balaban J connectivity index is 1.79. The van der Waals surface area contributed by atoms with Crippen LogP contribution >= 0.6 is 0 Å². The Morgan fingerprint density at radius 2 is 1.90 bits per heavy atom. The van der Waals surface area contributed by atoms with Crippen LogP contribution in [0.4, 0.5) is 0 Å². The van der Waals surface area contributed by atoms with Gasteiger partial charge in [0.15, 0.2) is 0 Å². The van der Waals surface area contributed by atoms with Crippen molar-refractivity contribution in [2.45, 2.75) is 65.4 Å². The molecule has 8 atom stereocenters. The molecule has 0 amide bonds. The van der Waals surface area contributed by atoms with Crippen molar-refractivity contribution in [1.82, 2.24) is 0 Å². The molecule has 4 fully saturated rings. The van der Waals surface area contributed by atoms with Gasteiger partial charge in [-0.3, -0.25) is 4.79 Å². The van der Waals surface area contributed by atoms with E-state index in [4.69, 9.17) is 0 Å². The minimum Gasteiger partial charge on any atom is -0.393 e. The lowest BCUT2D eigenvalue weighted by molar-refractivity contribution is -0.218. The third-order valence-electron chi connectivity index (χ3n) is 8.03. The van der Waals surface area contributed by atoms with Gasteiger partial charge in [-0.05, 0) is 67.1 Å². The molecule has 2 spiro atoms. The fourth-order valence-corrected chi connectivity index (χ4v) is 7.12. The lowest BCUT2D eigenvalue weighted by atomic mass is 9.34. The van der Waals surface area contributed by atoms with E-state index in [1.807, 2.05) is 0 Å². The average molecular weight is 276 g/mol. The highest BCUT2D eigenvalue weighted by Gasteiger charge is 2.76. The molecule has 2 nitrogen and oxygen atoms in total. The molecule has 0 aromatic heterocycles. The van der Waals surface area contributed by atoms with Crippen LogP contribution in [0.1, 0.15) is 59.3 Å². The van der Waals surface area contributed by atoms with E-state index < -0.39 is 0 Å². The summed E-state index contributed by atoms with van der Waals surface area (Å²) in [5.74, 6) is 3.40. The fourth-order valence-electron chi connectivity index (χ4n) is 7.12. The second-order valence-corrected chi connectivity index (χ2v) is 8.65. The van der Waals surface area contributed by atoms with Gasteiger partial charge in [0, 0.05) is 11.8 Å². The lowest BCUT2D eigenvalue weighted by Crippen LogP contribution is -2.67. The first-order valence-electron chi connectivity index (χ1n) is 8.64. The van der Waals surface area contributed by atoms with Crippen LogP contribution in [-0.4, -0.2) is 17.0 Å². The third kappa shape index (κ3) is 1.28. The Kier molecular flexibility index (Phi) is 2.58. The normalized spacial score (nSPS) is 61.3. The van der Waals surface area contributed by atoms with E-state index in [2.05, 4.69) is 20.8 Å². The van der Waals surface area contributed by atoms with Crippen molar-refractivity contribution in [1.29, 1.82) is 0 Å². The number of carbonyl (C=O) groups excluding carboxylic acids is 1. The van der Waals surface area contributed by atoms with Gasteiger partial charge < -0.3 is 5.11 Å². The van der Waals surface area contributed by atoms with Crippen LogP contribution in [0.25, 0.3) is 0 Å². The molecule has 112 valence electrons. The summed E-state index contributed by atoms with van der Waals surface area (Å²) in [4.78, 5) is 12.6. The number of aliphatic hydroxyl groups excluding tert-OH is 1. The van der Waals surface area contributed by atoms with Crippen LogP contribution in [0.15, 0.2) is 0 Å². The number of hydrogen-bond donors (Lipinski definition) is 1. The molecule has 2 heteroatoms. The monoisotopic (exact) mass is 276 g/mol. The van der Waals surface area contributed by atoms with Gasteiger partial charge in [0.25, 0.3) is 0 Å². The van der Waals surface area contributed by atoms with Crippen LogP contribution in [0.2, 0.25) is 0 Å². The Bertz CT molecular complexity index is 458. The van der Waals surface area contributed by atoms with Gasteiger partial charge in [-0.25, -0.2) is 0 Å². The summed E-state index contributed by atoms with van der Waals surface area (Å²) < 4.78 is 0. The molecule has 0 saturated heterocycles. The van der Waals surface area contributed by atoms with Gasteiger partial charge in [0.05, 0.1) is 6.10 Å². The number of rotatable bonds is 0. The first kappa shape index (κ1) is 13.3. The van der Waals surface area contributed by atoms with E-state index in [1.54, 1.807) is 0 Å². The standard InChI is InChI=1S/C18H28O2/c1-10-4-5-13-11(2)8-18-9-17(16(13)18,7-6-14(18)19)12(3)15(10)20/h10-13,15-16,20H,4-9H2,1-3H3/t10?,11?,12-,13?,15?,16?,17?,18?/m0/s1.